The quantitative estimate of drug-likeness (QED) is 0.175. The number of thioether (sulfide) groups is 1. The third-order valence-electron chi connectivity index (χ3n) is 5.58. The number of amides is 2. The first-order valence-corrected chi connectivity index (χ1v) is 13.1. The summed E-state index contributed by atoms with van der Waals surface area (Å²) in [4.78, 5) is 50.8. The van der Waals surface area contributed by atoms with E-state index in [1.807, 2.05) is 17.5 Å². The summed E-state index contributed by atoms with van der Waals surface area (Å²) in [6.45, 7) is 0.181. The molecule has 2 saturated heterocycles. The van der Waals surface area contributed by atoms with E-state index in [2.05, 4.69) is 21.2 Å². The molecule has 33 heavy (non-hydrogen) atoms. The van der Waals surface area contributed by atoms with Crippen molar-refractivity contribution in [2.45, 2.75) is 24.4 Å². The lowest BCUT2D eigenvalue weighted by Gasteiger charge is -2.53. The molecule has 0 bridgehead atoms. The van der Waals surface area contributed by atoms with E-state index in [1.54, 1.807) is 17.0 Å². The van der Waals surface area contributed by atoms with Crippen molar-refractivity contribution in [3.05, 3.63) is 62.3 Å². The Bertz CT molecular complexity index is 1060. The maximum atomic E-state index is 12.9. The van der Waals surface area contributed by atoms with Crippen LogP contribution in [0.3, 0.4) is 0 Å². The summed E-state index contributed by atoms with van der Waals surface area (Å²) in [6, 6.07) is 8.96. The number of carbonyl (C=O) groups excluding carboxylic acids is 3. The van der Waals surface area contributed by atoms with Crippen LogP contribution in [0.2, 0.25) is 0 Å². The first kappa shape index (κ1) is 23.7. The number of hydrogen-bond acceptors (Lipinski definition) is 8. The van der Waals surface area contributed by atoms with Crippen molar-refractivity contribution in [2.24, 2.45) is 5.41 Å². The summed E-state index contributed by atoms with van der Waals surface area (Å²) in [5.41, 5.74) is -0.317. The predicted molar refractivity (Wildman–Crippen MR) is 127 cm³/mol. The Balaban J connectivity index is 1.33. The van der Waals surface area contributed by atoms with Gasteiger partial charge in [-0.05, 0) is 29.1 Å². The van der Waals surface area contributed by atoms with Crippen molar-refractivity contribution >= 4 is 62.5 Å². The van der Waals surface area contributed by atoms with Gasteiger partial charge in [0.05, 0.1) is 11.3 Å². The molecule has 12 heteroatoms. The third kappa shape index (κ3) is 4.92. The molecule has 0 spiro atoms. The minimum Gasteiger partial charge on any atom is -0.460 e. The zero-order valence-electron chi connectivity index (χ0n) is 17.3. The van der Waals surface area contributed by atoms with Gasteiger partial charge in [-0.1, -0.05) is 22.0 Å². The molecule has 1 N–H and O–H groups in total. The zero-order chi connectivity index (χ0) is 23.6. The number of carbonyl (C=O) groups is 3. The summed E-state index contributed by atoms with van der Waals surface area (Å²) < 4.78 is 5.50. The number of rotatable bonds is 8. The van der Waals surface area contributed by atoms with Crippen molar-refractivity contribution < 1.29 is 24.0 Å². The first-order valence-electron chi connectivity index (χ1n) is 10.0. The number of β-lactam (4-membered cyclic amide) rings is 1. The predicted octanol–water partition coefficient (Wildman–Crippen LogP) is 2.72. The number of non-ortho nitro benzene ring substituents is 1. The largest absolute Gasteiger partial charge is 0.460 e. The minimum absolute atomic E-state index is 0.0188. The fourth-order valence-corrected chi connectivity index (χ4v) is 6.80. The van der Waals surface area contributed by atoms with Gasteiger partial charge in [0.1, 0.15) is 23.4 Å². The van der Waals surface area contributed by atoms with Crippen LogP contribution in [0.25, 0.3) is 0 Å². The molecule has 1 aromatic carbocycles. The van der Waals surface area contributed by atoms with E-state index in [-0.39, 0.29) is 42.4 Å². The van der Waals surface area contributed by atoms with E-state index in [0.717, 1.165) is 4.88 Å². The highest BCUT2D eigenvalue weighted by Crippen LogP contribution is 2.43. The number of fused-ring (bicyclic) bond motifs is 1. The highest BCUT2D eigenvalue weighted by atomic mass is 79.9. The van der Waals surface area contributed by atoms with E-state index in [0.29, 0.717) is 16.6 Å². The lowest BCUT2D eigenvalue weighted by Crippen LogP contribution is -2.74. The molecule has 4 rings (SSSR count). The van der Waals surface area contributed by atoms with E-state index >= 15 is 0 Å². The number of nitrogens with zero attached hydrogens (tertiary/aromatic N) is 2. The van der Waals surface area contributed by atoms with Crippen LogP contribution in [-0.4, -0.2) is 56.7 Å². The molecule has 2 aliphatic rings. The molecule has 0 saturated carbocycles. The number of hydrogen-bond donors (Lipinski definition) is 1. The summed E-state index contributed by atoms with van der Waals surface area (Å²) in [6.07, 6.45) is 0.235. The molecule has 0 radical (unpaired) electrons. The summed E-state index contributed by atoms with van der Waals surface area (Å²) in [5.74, 6) is -0.416. The smallest absolute Gasteiger partial charge is 0.315 e. The number of nitro groups is 1. The van der Waals surface area contributed by atoms with Gasteiger partial charge in [0.25, 0.3) is 5.69 Å². The summed E-state index contributed by atoms with van der Waals surface area (Å²) >= 11 is 6.34. The lowest BCUT2D eigenvalue weighted by molar-refractivity contribution is -0.384. The molecule has 174 valence electrons. The number of nitrogens with one attached hydrogen (secondary N) is 1. The van der Waals surface area contributed by atoms with Crippen LogP contribution in [0.4, 0.5) is 5.69 Å². The number of benzene rings is 1. The highest BCUT2D eigenvalue weighted by Gasteiger charge is 2.57. The van der Waals surface area contributed by atoms with Crippen LogP contribution in [0, 0.1) is 15.5 Å². The van der Waals surface area contributed by atoms with Gasteiger partial charge < -0.3 is 15.0 Å². The van der Waals surface area contributed by atoms with Gasteiger partial charge in [0.15, 0.2) is 0 Å². The number of esters is 1. The van der Waals surface area contributed by atoms with Crippen molar-refractivity contribution in [3.8, 4) is 0 Å². The van der Waals surface area contributed by atoms with E-state index < -0.39 is 22.3 Å². The Hall–Kier alpha value is -2.44. The highest BCUT2D eigenvalue weighted by molar-refractivity contribution is 9.09. The van der Waals surface area contributed by atoms with Crippen LogP contribution in [0.1, 0.15) is 10.4 Å². The number of alkyl halides is 1. The van der Waals surface area contributed by atoms with Gasteiger partial charge in [-0.3, -0.25) is 24.5 Å². The van der Waals surface area contributed by atoms with Crippen molar-refractivity contribution in [1.82, 2.24) is 10.2 Å². The second kappa shape index (κ2) is 9.82. The van der Waals surface area contributed by atoms with Gasteiger partial charge in [0.2, 0.25) is 11.8 Å². The zero-order valence-corrected chi connectivity index (χ0v) is 20.5. The number of nitro benzene ring substituents is 1. The van der Waals surface area contributed by atoms with Gasteiger partial charge in [-0.2, -0.15) is 0 Å². The Morgan fingerprint density at radius 1 is 1.30 bits per heavy atom. The SMILES string of the molecule is O=C(Cc1cccs1)NC1C(=O)N2CC(CBr)(C(=O)OCc3ccc([N+](=O)[O-])cc3)CS[C@H]12. The third-order valence-corrected chi connectivity index (χ3v) is 9.12. The number of halogens is 1. The average Bonchev–Trinajstić information content (AvgIpc) is 3.33. The monoisotopic (exact) mass is 553 g/mol. The van der Waals surface area contributed by atoms with Crippen LogP contribution in [0.15, 0.2) is 41.8 Å². The van der Waals surface area contributed by atoms with E-state index in [1.165, 1.54) is 35.2 Å². The Morgan fingerprint density at radius 2 is 2.06 bits per heavy atom. The van der Waals surface area contributed by atoms with Crippen LogP contribution in [-0.2, 0) is 32.1 Å². The second-order valence-corrected chi connectivity index (χ2v) is 10.6. The molecule has 2 fully saturated rings. The van der Waals surface area contributed by atoms with Crippen molar-refractivity contribution in [3.63, 3.8) is 0 Å². The molecule has 2 aromatic rings. The molecule has 2 amide bonds. The lowest BCUT2D eigenvalue weighted by atomic mass is 9.89. The van der Waals surface area contributed by atoms with Crippen LogP contribution < -0.4 is 5.32 Å². The summed E-state index contributed by atoms with van der Waals surface area (Å²) in [7, 11) is 0. The van der Waals surface area contributed by atoms with Gasteiger partial charge in [-0.15, -0.1) is 23.1 Å². The molecule has 2 aliphatic heterocycles. The Morgan fingerprint density at radius 3 is 2.70 bits per heavy atom. The second-order valence-electron chi connectivity index (χ2n) is 7.88. The minimum atomic E-state index is -0.913. The maximum Gasteiger partial charge on any atom is 0.315 e. The maximum absolute atomic E-state index is 12.9. The molecular weight excluding hydrogens is 534 g/mol. The number of ether oxygens (including phenoxy) is 1. The average molecular weight is 554 g/mol. The van der Waals surface area contributed by atoms with Crippen LogP contribution >= 0.6 is 39.0 Å². The van der Waals surface area contributed by atoms with E-state index in [4.69, 9.17) is 4.74 Å². The first-order chi connectivity index (χ1) is 15.8. The van der Waals surface area contributed by atoms with Crippen LogP contribution in [0.5, 0.6) is 0 Å². The molecular formula is C21H20BrN3O6S2. The van der Waals surface area contributed by atoms with Gasteiger partial charge >= 0.3 is 5.97 Å². The normalized spacial score (nSPS) is 23.9. The molecule has 3 heterocycles. The number of thiophene rings is 1. The van der Waals surface area contributed by atoms with Gasteiger partial charge in [0, 0.05) is 34.6 Å². The fourth-order valence-electron chi connectivity index (χ4n) is 3.70. The molecule has 3 atom stereocenters. The van der Waals surface area contributed by atoms with Crippen molar-refractivity contribution in [2.75, 3.05) is 17.6 Å². The topological polar surface area (TPSA) is 119 Å². The summed E-state index contributed by atoms with van der Waals surface area (Å²) in [5, 5.41) is 15.6. The molecule has 1 aromatic heterocycles. The molecule has 2 unspecified atom stereocenters. The standard InChI is InChI=1S/C21H20BrN3O6S2/c22-10-21(20(28)31-9-13-3-5-14(6-4-13)25(29)30)11-24-18(27)17(19(24)33-12-21)23-16(26)8-15-2-1-7-32-15/h1-7,17,19H,8-12H2,(H,23,26)/t17?,19-,21?/m1/s1. The Kier molecular flexibility index (Phi) is 7.05. The Labute approximate surface area is 206 Å². The molecule has 0 aliphatic carbocycles. The molecule has 9 nitrogen and oxygen atoms in total. The van der Waals surface area contributed by atoms with E-state index in [9.17, 15) is 24.5 Å². The van der Waals surface area contributed by atoms with Crippen molar-refractivity contribution in [1.29, 1.82) is 0 Å². The fraction of sp³-hybridized carbons (Fsp3) is 0.381. The van der Waals surface area contributed by atoms with Gasteiger partial charge in [-0.25, -0.2) is 0 Å².